The van der Waals surface area contributed by atoms with Gasteiger partial charge >= 0.3 is 5.97 Å². The lowest BCUT2D eigenvalue weighted by Crippen LogP contribution is -2.63. The van der Waals surface area contributed by atoms with Crippen molar-refractivity contribution in [2.75, 3.05) is 0 Å². The number of carbonyl (C=O) groups excluding carboxylic acids is 1. The molecule has 3 rings (SSSR count). The molecule has 0 aromatic heterocycles. The van der Waals surface area contributed by atoms with E-state index >= 15 is 0 Å². The van der Waals surface area contributed by atoms with Crippen molar-refractivity contribution in [3.63, 3.8) is 0 Å². The number of carboxylic acids is 1. The maximum atomic E-state index is 12.0. The molecule has 1 amide bonds. The number of amides is 1. The number of β-lactam (4-membered cyclic amide) rings is 1. The molecule has 2 unspecified atom stereocenters. The molecule has 1 saturated carbocycles. The number of nitrogens with zero attached hydrogens (tertiary/aromatic N) is 1. The molecule has 2 heterocycles. The van der Waals surface area contributed by atoms with Gasteiger partial charge in [-0.05, 0) is 31.8 Å². The molecule has 0 aromatic carbocycles. The molecule has 0 bridgehead atoms. The molecular formula is C13H17NO4. The van der Waals surface area contributed by atoms with Crippen molar-refractivity contribution < 1.29 is 19.8 Å². The Morgan fingerprint density at radius 1 is 1.44 bits per heavy atom. The highest BCUT2D eigenvalue weighted by atomic mass is 16.4. The van der Waals surface area contributed by atoms with Gasteiger partial charge in [-0.3, -0.25) is 4.79 Å². The Kier molecular flexibility index (Phi) is 2.48. The summed E-state index contributed by atoms with van der Waals surface area (Å²) in [4.78, 5) is 24.8. The van der Waals surface area contributed by atoms with Gasteiger partial charge in [0.1, 0.15) is 5.70 Å². The van der Waals surface area contributed by atoms with Gasteiger partial charge < -0.3 is 15.1 Å². The minimum Gasteiger partial charge on any atom is -0.477 e. The molecule has 0 spiro atoms. The average Bonchev–Trinajstić information content (AvgIpc) is 2.60. The van der Waals surface area contributed by atoms with Gasteiger partial charge in [0.25, 0.3) is 0 Å². The second-order valence-electron chi connectivity index (χ2n) is 5.50. The number of rotatable bonds is 2. The molecule has 0 radical (unpaired) electrons. The molecule has 18 heavy (non-hydrogen) atoms. The predicted octanol–water partition coefficient (Wildman–Crippen LogP) is 0.737. The second-order valence-corrected chi connectivity index (χ2v) is 5.50. The van der Waals surface area contributed by atoms with Crippen molar-refractivity contribution in [2.45, 2.75) is 44.8 Å². The lowest BCUT2D eigenvalue weighted by atomic mass is 9.72. The van der Waals surface area contributed by atoms with Crippen molar-refractivity contribution >= 4 is 11.9 Å². The highest BCUT2D eigenvalue weighted by Crippen LogP contribution is 2.51. The van der Waals surface area contributed by atoms with Crippen LogP contribution in [0.1, 0.15) is 32.6 Å². The molecule has 1 aliphatic carbocycles. The predicted molar refractivity (Wildman–Crippen MR) is 62.4 cm³/mol. The van der Waals surface area contributed by atoms with Crippen molar-refractivity contribution in [1.29, 1.82) is 0 Å². The van der Waals surface area contributed by atoms with Crippen molar-refractivity contribution in [3.05, 3.63) is 11.3 Å². The van der Waals surface area contributed by atoms with Crippen LogP contribution < -0.4 is 0 Å². The largest absolute Gasteiger partial charge is 0.477 e. The zero-order chi connectivity index (χ0) is 13.0. The van der Waals surface area contributed by atoms with E-state index in [9.17, 15) is 19.8 Å². The average molecular weight is 251 g/mol. The van der Waals surface area contributed by atoms with Crippen LogP contribution in [0, 0.1) is 11.8 Å². The Balaban J connectivity index is 2.00. The van der Waals surface area contributed by atoms with Crippen molar-refractivity contribution in [2.24, 2.45) is 11.8 Å². The molecule has 5 nitrogen and oxygen atoms in total. The van der Waals surface area contributed by atoms with E-state index in [1.807, 2.05) is 0 Å². The van der Waals surface area contributed by atoms with Crippen LogP contribution in [0.25, 0.3) is 0 Å². The SMILES string of the molecule is C[C@@H](O)[C@H]1C(=O)N2C(C(=O)O)=C3CCCCC3C12. The second kappa shape index (κ2) is 3.82. The number of fused-ring (bicyclic) bond motifs is 3. The number of aliphatic hydroxyl groups excluding tert-OH is 1. The minimum absolute atomic E-state index is 0.112. The molecule has 2 N–H and O–H groups in total. The van der Waals surface area contributed by atoms with Crippen LogP contribution in [0.2, 0.25) is 0 Å². The first kappa shape index (κ1) is 11.7. The number of aliphatic hydroxyl groups is 1. The molecule has 0 aromatic rings. The van der Waals surface area contributed by atoms with Crippen LogP contribution >= 0.6 is 0 Å². The number of carbonyl (C=O) groups is 2. The standard InChI is InChI=1S/C13H17NO4/c1-6(15)9-10-7-4-2-3-5-8(7)11(13(17)18)14(10)12(9)16/h6-7,9-10,15H,2-5H2,1H3,(H,17,18)/t6-,7?,9-,10?/m1/s1. The fourth-order valence-corrected chi connectivity index (χ4v) is 3.82. The third-order valence-electron chi connectivity index (χ3n) is 4.53. The zero-order valence-electron chi connectivity index (χ0n) is 10.3. The fraction of sp³-hybridized carbons (Fsp3) is 0.692. The normalized spacial score (nSPS) is 36.0. The van der Waals surface area contributed by atoms with Gasteiger partial charge in [0, 0.05) is 5.92 Å². The van der Waals surface area contributed by atoms with Gasteiger partial charge in [-0.1, -0.05) is 6.42 Å². The van der Waals surface area contributed by atoms with Crippen LogP contribution in [0.4, 0.5) is 0 Å². The Bertz CT molecular complexity index is 454. The van der Waals surface area contributed by atoms with Gasteiger partial charge in [-0.25, -0.2) is 4.79 Å². The number of hydrogen-bond acceptors (Lipinski definition) is 3. The lowest BCUT2D eigenvalue weighted by Gasteiger charge is -2.47. The van der Waals surface area contributed by atoms with Gasteiger partial charge in [0.15, 0.2) is 0 Å². The summed E-state index contributed by atoms with van der Waals surface area (Å²) in [6, 6.07) is -0.112. The number of aliphatic carboxylic acids is 1. The summed E-state index contributed by atoms with van der Waals surface area (Å²) in [5, 5.41) is 19.0. The summed E-state index contributed by atoms with van der Waals surface area (Å²) >= 11 is 0. The number of carboxylic acid groups (broad SMARTS) is 1. The summed E-state index contributed by atoms with van der Waals surface area (Å²) in [5.41, 5.74) is 1.13. The zero-order valence-corrected chi connectivity index (χ0v) is 10.3. The van der Waals surface area contributed by atoms with Crippen molar-refractivity contribution in [1.82, 2.24) is 4.90 Å². The summed E-state index contributed by atoms with van der Waals surface area (Å²) in [7, 11) is 0. The van der Waals surface area contributed by atoms with E-state index in [1.54, 1.807) is 6.92 Å². The van der Waals surface area contributed by atoms with Crippen LogP contribution in [-0.4, -0.2) is 39.1 Å². The minimum atomic E-state index is -1.00. The Morgan fingerprint density at radius 3 is 2.78 bits per heavy atom. The van der Waals surface area contributed by atoms with E-state index < -0.39 is 18.0 Å². The molecule has 2 aliphatic heterocycles. The third kappa shape index (κ3) is 1.31. The Labute approximate surface area is 105 Å². The van der Waals surface area contributed by atoms with Crippen LogP contribution in [0.5, 0.6) is 0 Å². The first-order valence-electron chi connectivity index (χ1n) is 6.51. The fourth-order valence-electron chi connectivity index (χ4n) is 3.82. The van der Waals surface area contributed by atoms with E-state index in [0.717, 1.165) is 31.3 Å². The molecule has 1 saturated heterocycles. The first-order valence-corrected chi connectivity index (χ1v) is 6.51. The van der Waals surface area contributed by atoms with Crippen LogP contribution in [0.15, 0.2) is 11.3 Å². The van der Waals surface area contributed by atoms with E-state index in [4.69, 9.17) is 0 Å². The quantitative estimate of drug-likeness (QED) is 0.709. The van der Waals surface area contributed by atoms with E-state index in [2.05, 4.69) is 0 Å². The molecular weight excluding hydrogens is 234 g/mol. The van der Waals surface area contributed by atoms with Gasteiger partial charge in [-0.15, -0.1) is 0 Å². The molecule has 3 aliphatic rings. The maximum Gasteiger partial charge on any atom is 0.352 e. The molecule has 5 heteroatoms. The first-order chi connectivity index (χ1) is 8.54. The van der Waals surface area contributed by atoms with Crippen molar-refractivity contribution in [3.8, 4) is 0 Å². The molecule has 98 valence electrons. The smallest absolute Gasteiger partial charge is 0.352 e. The summed E-state index contributed by atoms with van der Waals surface area (Å²) in [6.07, 6.45) is 3.08. The summed E-state index contributed by atoms with van der Waals surface area (Å²) < 4.78 is 0. The number of hydrogen-bond donors (Lipinski definition) is 2. The maximum absolute atomic E-state index is 12.0. The molecule has 4 atom stereocenters. The Morgan fingerprint density at radius 2 is 2.17 bits per heavy atom. The molecule has 2 fully saturated rings. The summed E-state index contributed by atoms with van der Waals surface area (Å²) in [5.74, 6) is -1.49. The van der Waals surface area contributed by atoms with E-state index in [1.165, 1.54) is 4.90 Å². The van der Waals surface area contributed by atoms with E-state index in [-0.39, 0.29) is 23.6 Å². The van der Waals surface area contributed by atoms with Crippen LogP contribution in [0.3, 0.4) is 0 Å². The monoisotopic (exact) mass is 251 g/mol. The topological polar surface area (TPSA) is 77.8 Å². The van der Waals surface area contributed by atoms with Crippen LogP contribution in [-0.2, 0) is 9.59 Å². The van der Waals surface area contributed by atoms with Gasteiger partial charge in [0.05, 0.1) is 18.1 Å². The van der Waals surface area contributed by atoms with Gasteiger partial charge in [0.2, 0.25) is 5.91 Å². The summed E-state index contributed by atoms with van der Waals surface area (Å²) in [6.45, 7) is 1.61. The lowest BCUT2D eigenvalue weighted by molar-refractivity contribution is -0.163. The van der Waals surface area contributed by atoms with Gasteiger partial charge in [-0.2, -0.15) is 0 Å². The highest BCUT2D eigenvalue weighted by molar-refractivity contribution is 6.00. The van der Waals surface area contributed by atoms with E-state index in [0.29, 0.717) is 0 Å². The Hall–Kier alpha value is -1.36. The highest BCUT2D eigenvalue weighted by Gasteiger charge is 2.60. The third-order valence-corrected chi connectivity index (χ3v) is 4.53.